The van der Waals surface area contributed by atoms with Gasteiger partial charge in [-0.3, -0.25) is 19.3 Å². The van der Waals surface area contributed by atoms with Crippen molar-refractivity contribution in [1.29, 1.82) is 0 Å². The number of nitrogens with one attached hydrogen (secondary N) is 1. The van der Waals surface area contributed by atoms with Gasteiger partial charge in [0.25, 0.3) is 0 Å². The van der Waals surface area contributed by atoms with E-state index < -0.39 is 21.4 Å². The molecular formula is C25H29N7O6S. The lowest BCUT2D eigenvalue weighted by molar-refractivity contribution is 0.0985. The van der Waals surface area contributed by atoms with Crippen molar-refractivity contribution in [3.63, 3.8) is 0 Å². The molecule has 0 radical (unpaired) electrons. The molecule has 2 atom stereocenters. The molecule has 0 amide bonds. The van der Waals surface area contributed by atoms with Crippen LogP contribution in [-0.2, 0) is 14.8 Å². The number of rotatable bonds is 11. The second-order valence-corrected chi connectivity index (χ2v) is 10.4. The Kier molecular flexibility index (Phi) is 8.26. The fourth-order valence-corrected chi connectivity index (χ4v) is 5.07. The van der Waals surface area contributed by atoms with Crippen LogP contribution in [0.1, 0.15) is 24.4 Å². The summed E-state index contributed by atoms with van der Waals surface area (Å²) in [5, 5.41) is 7.35. The molecule has 0 bridgehead atoms. The van der Waals surface area contributed by atoms with Crippen LogP contribution < -0.4 is 18.9 Å². The van der Waals surface area contributed by atoms with Crippen molar-refractivity contribution in [3.8, 4) is 34.6 Å². The number of hydrogen-bond donors (Lipinski definition) is 1. The summed E-state index contributed by atoms with van der Waals surface area (Å²) in [6, 6.07) is 10.3. The summed E-state index contributed by atoms with van der Waals surface area (Å²) in [7, 11) is 1.75. The van der Waals surface area contributed by atoms with Gasteiger partial charge in [-0.2, -0.15) is 0 Å². The Balaban J connectivity index is 1.85. The molecule has 0 saturated carbocycles. The van der Waals surface area contributed by atoms with Crippen molar-refractivity contribution in [2.45, 2.75) is 25.2 Å². The van der Waals surface area contributed by atoms with E-state index in [2.05, 4.69) is 29.9 Å². The van der Waals surface area contributed by atoms with Crippen LogP contribution in [0, 0.1) is 6.92 Å². The molecule has 0 unspecified atom stereocenters. The van der Waals surface area contributed by atoms with Gasteiger partial charge in [0, 0.05) is 19.4 Å². The van der Waals surface area contributed by atoms with Crippen LogP contribution in [0.5, 0.6) is 17.4 Å². The third kappa shape index (κ3) is 5.61. The lowest BCUT2D eigenvalue weighted by atomic mass is 10.2. The lowest BCUT2D eigenvalue weighted by Crippen LogP contribution is -2.33. The zero-order valence-electron chi connectivity index (χ0n) is 22.3. The number of benzene rings is 1. The molecule has 0 spiro atoms. The molecule has 1 aromatic carbocycles. The average molecular weight is 556 g/mol. The van der Waals surface area contributed by atoms with Crippen molar-refractivity contribution in [3.05, 3.63) is 60.2 Å². The predicted molar refractivity (Wildman–Crippen MR) is 143 cm³/mol. The number of sulfonamides is 1. The van der Waals surface area contributed by atoms with Crippen LogP contribution in [0.2, 0.25) is 0 Å². The Morgan fingerprint density at radius 1 is 0.897 bits per heavy atom. The van der Waals surface area contributed by atoms with Gasteiger partial charge in [0.2, 0.25) is 21.9 Å². The smallest absolute Gasteiger partial charge is 0.243 e. The largest absolute Gasteiger partial charge is 0.494 e. The summed E-state index contributed by atoms with van der Waals surface area (Å²) in [4.78, 5) is 13.0. The van der Waals surface area contributed by atoms with E-state index in [-0.39, 0.29) is 11.8 Å². The number of hydrogen-bond acceptors (Lipinski definition) is 11. The van der Waals surface area contributed by atoms with Crippen molar-refractivity contribution >= 4 is 16.0 Å². The molecule has 39 heavy (non-hydrogen) atoms. The number of ether oxygens (including phenoxy) is 4. The second kappa shape index (κ2) is 11.6. The van der Waals surface area contributed by atoms with Crippen LogP contribution in [0.4, 0.5) is 5.95 Å². The Bertz CT molecular complexity index is 1520. The molecule has 0 aliphatic heterocycles. The maximum atomic E-state index is 13.7. The van der Waals surface area contributed by atoms with Gasteiger partial charge in [0.15, 0.2) is 5.82 Å². The van der Waals surface area contributed by atoms with Crippen LogP contribution >= 0.6 is 0 Å². The van der Waals surface area contributed by atoms with Crippen LogP contribution in [0.15, 0.2) is 48.8 Å². The van der Waals surface area contributed by atoms with Gasteiger partial charge in [-0.05, 0) is 32.0 Å². The molecule has 14 heteroatoms. The summed E-state index contributed by atoms with van der Waals surface area (Å²) >= 11 is 0. The first-order valence-corrected chi connectivity index (χ1v) is 13.3. The molecular weight excluding hydrogens is 526 g/mol. The van der Waals surface area contributed by atoms with Gasteiger partial charge < -0.3 is 18.9 Å². The molecule has 206 valence electrons. The fourth-order valence-electron chi connectivity index (χ4n) is 3.92. The van der Waals surface area contributed by atoms with E-state index >= 15 is 0 Å². The Hall–Kier alpha value is -4.30. The minimum atomic E-state index is -4.13. The topological polar surface area (TPSA) is 152 Å². The van der Waals surface area contributed by atoms with E-state index in [9.17, 15) is 8.42 Å². The standard InChI is InChI=1S/C25H29N7O6S/c1-15-13-27-18(14-26-15)23(38-6)16(2)39(33,34)31-25-30-29-24(17-9-7-12-21(28-17)37-5)32(25)22-19(35-3)10-8-11-20(22)36-4/h7-14,16,23H,1-6H3,(H,30,31)/t16-,23-/m0/s1. The molecule has 3 heterocycles. The number of aryl methyl sites for hydroxylation is 1. The fraction of sp³-hybridized carbons (Fsp3) is 0.320. The van der Waals surface area contributed by atoms with Gasteiger partial charge in [-0.15, -0.1) is 10.2 Å². The average Bonchev–Trinajstić information content (AvgIpc) is 3.35. The first-order valence-electron chi connectivity index (χ1n) is 11.7. The molecule has 0 aliphatic carbocycles. The Labute approximate surface area is 226 Å². The lowest BCUT2D eigenvalue weighted by Gasteiger charge is -2.23. The van der Waals surface area contributed by atoms with Gasteiger partial charge >= 0.3 is 0 Å². The van der Waals surface area contributed by atoms with E-state index in [0.717, 1.165) is 0 Å². The molecule has 4 rings (SSSR count). The van der Waals surface area contributed by atoms with E-state index in [1.54, 1.807) is 49.5 Å². The minimum Gasteiger partial charge on any atom is -0.494 e. The number of aromatic nitrogens is 6. The first-order chi connectivity index (χ1) is 18.7. The quantitative estimate of drug-likeness (QED) is 0.291. The molecule has 0 fully saturated rings. The summed E-state index contributed by atoms with van der Waals surface area (Å²) < 4.78 is 53.3. The van der Waals surface area contributed by atoms with Gasteiger partial charge in [0.1, 0.15) is 34.2 Å². The van der Waals surface area contributed by atoms with Crippen molar-refractivity contribution in [1.82, 2.24) is 29.7 Å². The minimum absolute atomic E-state index is 0.117. The third-order valence-corrected chi connectivity index (χ3v) is 7.64. The zero-order valence-corrected chi connectivity index (χ0v) is 23.1. The van der Waals surface area contributed by atoms with Crippen LogP contribution in [0.3, 0.4) is 0 Å². The highest BCUT2D eigenvalue weighted by Crippen LogP contribution is 2.38. The number of anilines is 1. The number of nitrogens with zero attached hydrogens (tertiary/aromatic N) is 6. The monoisotopic (exact) mass is 555 g/mol. The Morgan fingerprint density at radius 2 is 1.59 bits per heavy atom. The van der Waals surface area contributed by atoms with Gasteiger partial charge in [-0.1, -0.05) is 12.1 Å². The van der Waals surface area contributed by atoms with Crippen molar-refractivity contribution in [2.24, 2.45) is 0 Å². The SMILES string of the molecule is COc1cccc(-c2nnc(NS(=O)(=O)[C@@H](C)[C@H](OC)c3cnc(C)cn3)n2-c2c(OC)cccc2OC)n1. The van der Waals surface area contributed by atoms with Crippen molar-refractivity contribution in [2.75, 3.05) is 33.2 Å². The highest BCUT2D eigenvalue weighted by molar-refractivity contribution is 7.93. The molecule has 4 aromatic rings. The highest BCUT2D eigenvalue weighted by atomic mass is 32.2. The maximum Gasteiger partial charge on any atom is 0.243 e. The van der Waals surface area contributed by atoms with Crippen LogP contribution in [0.25, 0.3) is 17.2 Å². The van der Waals surface area contributed by atoms with Gasteiger partial charge in [-0.25, -0.2) is 13.4 Å². The summed E-state index contributed by atoms with van der Waals surface area (Å²) in [5.74, 6) is 1.21. The molecule has 13 nitrogen and oxygen atoms in total. The van der Waals surface area contributed by atoms with E-state index in [0.29, 0.717) is 40.1 Å². The summed E-state index contributed by atoms with van der Waals surface area (Å²) in [5.41, 5.74) is 1.80. The molecule has 3 aromatic heterocycles. The summed E-state index contributed by atoms with van der Waals surface area (Å²) in [6.07, 6.45) is 2.13. The molecule has 0 aliphatic rings. The van der Waals surface area contributed by atoms with E-state index in [1.807, 2.05) is 0 Å². The summed E-state index contributed by atoms with van der Waals surface area (Å²) in [6.45, 7) is 3.29. The van der Waals surface area contributed by atoms with E-state index in [1.165, 1.54) is 46.1 Å². The molecule has 1 N–H and O–H groups in total. The van der Waals surface area contributed by atoms with Crippen molar-refractivity contribution < 1.29 is 27.4 Å². The molecule has 0 saturated heterocycles. The third-order valence-electron chi connectivity index (χ3n) is 5.95. The first kappa shape index (κ1) is 27.7. The number of para-hydroxylation sites is 1. The normalized spacial score (nSPS) is 13.0. The Morgan fingerprint density at radius 3 is 2.18 bits per heavy atom. The van der Waals surface area contributed by atoms with Gasteiger partial charge in [0.05, 0.1) is 38.9 Å². The zero-order chi connectivity index (χ0) is 28.2. The maximum absolute atomic E-state index is 13.7. The van der Waals surface area contributed by atoms with Crippen LogP contribution in [-0.4, -0.2) is 71.8 Å². The van der Waals surface area contributed by atoms with E-state index in [4.69, 9.17) is 18.9 Å². The number of methoxy groups -OCH3 is 4. The second-order valence-electron chi connectivity index (χ2n) is 8.35. The highest BCUT2D eigenvalue weighted by Gasteiger charge is 2.34. The predicted octanol–water partition coefficient (Wildman–Crippen LogP) is 2.97. The number of pyridine rings is 1.